The van der Waals surface area contributed by atoms with Crippen molar-refractivity contribution in [2.75, 3.05) is 0 Å². The Bertz CT molecular complexity index is 136. The molecule has 9 heavy (non-hydrogen) atoms. The highest BCUT2D eigenvalue weighted by molar-refractivity contribution is 5.15. The molecule has 2 heteroatoms. The molecule has 0 fully saturated rings. The maximum atomic E-state index is 11.9. The van der Waals surface area contributed by atoms with E-state index in [2.05, 4.69) is 6.58 Å². The van der Waals surface area contributed by atoms with Gasteiger partial charge in [0.15, 0.2) is 0 Å². The van der Waals surface area contributed by atoms with Gasteiger partial charge in [-0.2, -0.15) is 0 Å². The highest BCUT2D eigenvalue weighted by Gasteiger charge is 1.96. The third-order valence-electron chi connectivity index (χ3n) is 1.04. The first kappa shape index (κ1) is 8.37. The molecular weight excluding hydrogens is 119 g/mol. The van der Waals surface area contributed by atoms with E-state index >= 15 is 0 Å². The van der Waals surface area contributed by atoms with Gasteiger partial charge in [-0.3, -0.25) is 0 Å². The van der Waals surface area contributed by atoms with Crippen molar-refractivity contribution < 1.29 is 9.50 Å². The van der Waals surface area contributed by atoms with Crippen molar-refractivity contribution in [1.29, 1.82) is 0 Å². The lowest BCUT2D eigenvalue weighted by atomic mass is 10.2. The van der Waals surface area contributed by atoms with Crippen LogP contribution in [-0.2, 0) is 0 Å². The smallest absolute Gasteiger partial charge is 0.116 e. The van der Waals surface area contributed by atoms with Gasteiger partial charge in [-0.05, 0) is 25.5 Å². The fourth-order valence-electron chi connectivity index (χ4n) is 0.368. The van der Waals surface area contributed by atoms with Crippen molar-refractivity contribution in [3.8, 4) is 0 Å². The number of hydrogen-bond donors (Lipinski definition) is 1. The SMILES string of the molecule is C=C(F)/C=C(\C)C(C)O. The van der Waals surface area contributed by atoms with E-state index in [1.807, 2.05) is 0 Å². The average Bonchev–Trinajstić information content (AvgIpc) is 1.63. The quantitative estimate of drug-likeness (QED) is 0.565. The molecule has 52 valence electrons. The molecule has 1 N–H and O–H groups in total. The standard InChI is InChI=1S/C7H11FO/c1-5(7(3)9)4-6(2)8/h4,7,9H,2H2,1,3H3/b5-4+. The molecule has 0 aromatic heterocycles. The van der Waals surface area contributed by atoms with Gasteiger partial charge in [0.1, 0.15) is 5.83 Å². The Labute approximate surface area is 54.5 Å². The predicted molar refractivity (Wildman–Crippen MR) is 35.7 cm³/mol. The summed E-state index contributed by atoms with van der Waals surface area (Å²) in [4.78, 5) is 0. The molecule has 0 aliphatic carbocycles. The van der Waals surface area contributed by atoms with Gasteiger partial charge in [-0.1, -0.05) is 6.58 Å². The maximum absolute atomic E-state index is 11.9. The minimum atomic E-state index is -0.586. The zero-order valence-corrected chi connectivity index (χ0v) is 5.69. The molecule has 0 aliphatic heterocycles. The van der Waals surface area contributed by atoms with Crippen molar-refractivity contribution in [2.24, 2.45) is 0 Å². The third-order valence-corrected chi connectivity index (χ3v) is 1.04. The zero-order chi connectivity index (χ0) is 7.44. The molecule has 0 amide bonds. The molecule has 1 unspecified atom stereocenters. The van der Waals surface area contributed by atoms with Crippen LogP contribution in [0.15, 0.2) is 24.1 Å². The van der Waals surface area contributed by atoms with E-state index in [0.717, 1.165) is 0 Å². The average molecular weight is 130 g/mol. The van der Waals surface area contributed by atoms with Crippen molar-refractivity contribution in [3.63, 3.8) is 0 Å². The number of halogens is 1. The summed E-state index contributed by atoms with van der Waals surface area (Å²) in [5, 5.41) is 8.79. The number of aliphatic hydroxyl groups excluding tert-OH is 1. The van der Waals surface area contributed by atoms with Crippen molar-refractivity contribution in [2.45, 2.75) is 20.0 Å². The first-order valence-corrected chi connectivity index (χ1v) is 2.74. The lowest BCUT2D eigenvalue weighted by molar-refractivity contribution is 0.231. The van der Waals surface area contributed by atoms with E-state index in [4.69, 9.17) is 5.11 Å². The number of rotatable bonds is 2. The van der Waals surface area contributed by atoms with Crippen LogP contribution in [0.2, 0.25) is 0 Å². The normalized spacial score (nSPS) is 15.3. The Hall–Kier alpha value is -0.630. The van der Waals surface area contributed by atoms with Gasteiger partial charge in [-0.25, -0.2) is 4.39 Å². The molecular formula is C7H11FO. The van der Waals surface area contributed by atoms with Gasteiger partial charge in [0.05, 0.1) is 6.10 Å². The van der Waals surface area contributed by atoms with Crippen LogP contribution in [0.5, 0.6) is 0 Å². The lowest BCUT2D eigenvalue weighted by Gasteiger charge is -2.01. The van der Waals surface area contributed by atoms with Gasteiger partial charge in [0.2, 0.25) is 0 Å². The van der Waals surface area contributed by atoms with Gasteiger partial charge in [0, 0.05) is 0 Å². The third kappa shape index (κ3) is 3.91. The van der Waals surface area contributed by atoms with Crippen LogP contribution < -0.4 is 0 Å². The van der Waals surface area contributed by atoms with Gasteiger partial charge in [-0.15, -0.1) is 0 Å². The molecule has 0 spiro atoms. The summed E-state index contributed by atoms with van der Waals surface area (Å²) in [6.45, 7) is 6.25. The van der Waals surface area contributed by atoms with Crippen LogP contribution in [0, 0.1) is 0 Å². The second-order valence-electron chi connectivity index (χ2n) is 2.01. The zero-order valence-electron chi connectivity index (χ0n) is 5.69. The fourth-order valence-corrected chi connectivity index (χ4v) is 0.368. The van der Waals surface area contributed by atoms with E-state index in [9.17, 15) is 4.39 Å². The van der Waals surface area contributed by atoms with Crippen LogP contribution in [0.4, 0.5) is 4.39 Å². The Morgan fingerprint density at radius 1 is 1.78 bits per heavy atom. The highest BCUT2D eigenvalue weighted by Crippen LogP contribution is 2.04. The molecule has 0 rings (SSSR count). The van der Waals surface area contributed by atoms with Crippen molar-refractivity contribution in [1.82, 2.24) is 0 Å². The summed E-state index contributed by atoms with van der Waals surface area (Å²) >= 11 is 0. The van der Waals surface area contributed by atoms with E-state index in [1.165, 1.54) is 6.08 Å². The molecule has 0 radical (unpaired) electrons. The molecule has 0 bridgehead atoms. The first-order chi connectivity index (χ1) is 4.04. The Morgan fingerprint density at radius 3 is 2.33 bits per heavy atom. The molecule has 0 aromatic rings. The topological polar surface area (TPSA) is 20.2 Å². The Kier molecular flexibility index (Phi) is 3.17. The highest BCUT2D eigenvalue weighted by atomic mass is 19.1. The van der Waals surface area contributed by atoms with E-state index < -0.39 is 11.9 Å². The first-order valence-electron chi connectivity index (χ1n) is 2.74. The summed E-state index contributed by atoms with van der Waals surface area (Å²) in [7, 11) is 0. The molecule has 1 atom stereocenters. The molecule has 0 heterocycles. The van der Waals surface area contributed by atoms with Crippen molar-refractivity contribution >= 4 is 0 Å². The van der Waals surface area contributed by atoms with Crippen molar-refractivity contribution in [3.05, 3.63) is 24.1 Å². The summed E-state index contributed by atoms with van der Waals surface area (Å²) in [5.74, 6) is -0.520. The summed E-state index contributed by atoms with van der Waals surface area (Å²) in [6.07, 6.45) is 0.627. The minimum absolute atomic E-state index is 0.520. The number of aliphatic hydroxyl groups is 1. The predicted octanol–water partition coefficient (Wildman–Crippen LogP) is 1.80. The van der Waals surface area contributed by atoms with Gasteiger partial charge >= 0.3 is 0 Å². The van der Waals surface area contributed by atoms with Crippen LogP contribution in [0.25, 0.3) is 0 Å². The second kappa shape index (κ2) is 3.41. The number of allylic oxidation sites excluding steroid dienone is 2. The minimum Gasteiger partial charge on any atom is -0.389 e. The summed E-state index contributed by atoms with van der Waals surface area (Å²) in [5.41, 5.74) is 0.586. The molecule has 1 nitrogen and oxygen atoms in total. The largest absolute Gasteiger partial charge is 0.389 e. The van der Waals surface area contributed by atoms with Crippen LogP contribution in [0.1, 0.15) is 13.8 Å². The second-order valence-corrected chi connectivity index (χ2v) is 2.01. The molecule has 0 saturated heterocycles. The lowest BCUT2D eigenvalue weighted by Crippen LogP contribution is -2.00. The maximum Gasteiger partial charge on any atom is 0.116 e. The van der Waals surface area contributed by atoms with Crippen LogP contribution in [-0.4, -0.2) is 11.2 Å². The summed E-state index contributed by atoms with van der Waals surface area (Å²) < 4.78 is 11.9. The van der Waals surface area contributed by atoms with E-state index in [1.54, 1.807) is 13.8 Å². The molecule has 0 aromatic carbocycles. The molecule has 0 aliphatic rings. The van der Waals surface area contributed by atoms with Gasteiger partial charge in [0.25, 0.3) is 0 Å². The number of hydrogen-bond acceptors (Lipinski definition) is 1. The van der Waals surface area contributed by atoms with E-state index in [-0.39, 0.29) is 0 Å². The molecule has 0 saturated carbocycles. The van der Waals surface area contributed by atoms with Crippen LogP contribution >= 0.6 is 0 Å². The van der Waals surface area contributed by atoms with Gasteiger partial charge < -0.3 is 5.11 Å². The van der Waals surface area contributed by atoms with Crippen LogP contribution in [0.3, 0.4) is 0 Å². The fraction of sp³-hybridized carbons (Fsp3) is 0.429. The summed E-state index contributed by atoms with van der Waals surface area (Å²) in [6, 6.07) is 0. The Balaban J connectivity index is 4.00. The Morgan fingerprint density at radius 2 is 2.22 bits per heavy atom. The monoisotopic (exact) mass is 130 g/mol. The van der Waals surface area contributed by atoms with E-state index in [0.29, 0.717) is 5.57 Å².